The molecule has 1 fully saturated rings. The SMILES string of the molecule is Cc1cc(Br)cnc1N1CCN(CCBr)CC1. The number of piperazine rings is 1. The molecule has 1 saturated heterocycles. The molecule has 1 aliphatic heterocycles. The van der Waals surface area contributed by atoms with Crippen LogP contribution in [0.25, 0.3) is 0 Å². The van der Waals surface area contributed by atoms with Gasteiger partial charge in [-0.1, -0.05) is 15.9 Å². The maximum absolute atomic E-state index is 4.52. The second-order valence-corrected chi connectivity index (χ2v) is 6.02. The van der Waals surface area contributed by atoms with Crippen molar-refractivity contribution in [3.05, 3.63) is 22.3 Å². The molecule has 0 radical (unpaired) electrons. The van der Waals surface area contributed by atoms with Gasteiger partial charge in [0.25, 0.3) is 0 Å². The van der Waals surface area contributed by atoms with Gasteiger partial charge in [0.05, 0.1) is 0 Å². The van der Waals surface area contributed by atoms with Crippen LogP contribution in [0.2, 0.25) is 0 Å². The van der Waals surface area contributed by atoms with E-state index in [-0.39, 0.29) is 0 Å². The van der Waals surface area contributed by atoms with Gasteiger partial charge >= 0.3 is 0 Å². The third kappa shape index (κ3) is 3.42. The Bertz CT molecular complexity index is 376. The first-order valence-corrected chi connectivity index (χ1v) is 7.77. The summed E-state index contributed by atoms with van der Waals surface area (Å²) in [4.78, 5) is 9.39. The highest BCUT2D eigenvalue weighted by Crippen LogP contribution is 2.21. The lowest BCUT2D eigenvalue weighted by atomic mass is 10.2. The van der Waals surface area contributed by atoms with Crippen molar-refractivity contribution in [1.82, 2.24) is 9.88 Å². The molecule has 0 bridgehead atoms. The molecular weight excluding hydrogens is 346 g/mol. The summed E-state index contributed by atoms with van der Waals surface area (Å²) < 4.78 is 1.05. The maximum atomic E-state index is 4.52. The van der Waals surface area contributed by atoms with Crippen molar-refractivity contribution in [1.29, 1.82) is 0 Å². The molecule has 1 aliphatic rings. The van der Waals surface area contributed by atoms with E-state index in [0.717, 1.165) is 48.3 Å². The minimum absolute atomic E-state index is 1.05. The Labute approximate surface area is 119 Å². The fourth-order valence-corrected chi connectivity index (χ4v) is 3.11. The monoisotopic (exact) mass is 361 g/mol. The third-order valence-corrected chi connectivity index (χ3v) is 3.88. The van der Waals surface area contributed by atoms with Crippen LogP contribution >= 0.6 is 31.9 Å². The van der Waals surface area contributed by atoms with Crippen LogP contribution in [0, 0.1) is 6.92 Å². The number of aryl methyl sites for hydroxylation is 1. The van der Waals surface area contributed by atoms with Crippen LogP contribution < -0.4 is 4.90 Å². The number of aromatic nitrogens is 1. The minimum atomic E-state index is 1.05. The molecule has 1 aromatic rings. The van der Waals surface area contributed by atoms with Gasteiger partial charge in [0.2, 0.25) is 0 Å². The highest BCUT2D eigenvalue weighted by atomic mass is 79.9. The van der Waals surface area contributed by atoms with Gasteiger partial charge < -0.3 is 4.90 Å². The van der Waals surface area contributed by atoms with E-state index < -0.39 is 0 Å². The van der Waals surface area contributed by atoms with Gasteiger partial charge in [-0.2, -0.15) is 0 Å². The number of hydrogen-bond donors (Lipinski definition) is 0. The first kappa shape index (κ1) is 13.3. The number of alkyl halides is 1. The molecule has 0 atom stereocenters. The Morgan fingerprint density at radius 2 is 2.00 bits per heavy atom. The summed E-state index contributed by atoms with van der Waals surface area (Å²) in [5, 5.41) is 1.06. The van der Waals surface area contributed by atoms with Crippen molar-refractivity contribution in [2.75, 3.05) is 43.0 Å². The Kier molecular flexibility index (Phi) is 4.82. The second-order valence-electron chi connectivity index (χ2n) is 4.31. The standard InChI is InChI=1S/C12H17Br2N3/c1-10-8-11(14)9-15-12(10)17-6-4-16(3-2-13)5-7-17/h8-9H,2-7H2,1H3. The van der Waals surface area contributed by atoms with Crippen molar-refractivity contribution in [2.24, 2.45) is 0 Å². The number of nitrogens with zero attached hydrogens (tertiary/aromatic N) is 3. The summed E-state index contributed by atoms with van der Waals surface area (Å²) in [6, 6.07) is 2.13. The molecule has 17 heavy (non-hydrogen) atoms. The lowest BCUT2D eigenvalue weighted by molar-refractivity contribution is 0.273. The molecule has 0 amide bonds. The van der Waals surface area contributed by atoms with Crippen LogP contribution in [0.5, 0.6) is 0 Å². The first-order valence-electron chi connectivity index (χ1n) is 5.86. The Morgan fingerprint density at radius 3 is 2.59 bits per heavy atom. The normalized spacial score (nSPS) is 17.5. The van der Waals surface area contributed by atoms with Gasteiger partial charge in [-0.05, 0) is 34.5 Å². The number of rotatable bonds is 3. The summed E-state index contributed by atoms with van der Waals surface area (Å²) in [6.07, 6.45) is 1.88. The Morgan fingerprint density at radius 1 is 1.29 bits per heavy atom. The average molecular weight is 363 g/mol. The van der Waals surface area contributed by atoms with Gasteiger partial charge in [-0.3, -0.25) is 4.90 Å². The molecule has 2 rings (SSSR count). The molecule has 0 aromatic carbocycles. The van der Waals surface area contributed by atoms with Crippen LogP contribution in [0.3, 0.4) is 0 Å². The van der Waals surface area contributed by atoms with E-state index in [1.54, 1.807) is 0 Å². The molecule has 1 aromatic heterocycles. The van der Waals surface area contributed by atoms with Crippen molar-refractivity contribution in [3.8, 4) is 0 Å². The van der Waals surface area contributed by atoms with Crippen LogP contribution in [0.1, 0.15) is 5.56 Å². The van der Waals surface area contributed by atoms with E-state index in [2.05, 4.69) is 59.6 Å². The van der Waals surface area contributed by atoms with E-state index in [4.69, 9.17) is 0 Å². The van der Waals surface area contributed by atoms with Crippen molar-refractivity contribution in [3.63, 3.8) is 0 Å². The number of halogens is 2. The molecule has 2 heterocycles. The number of anilines is 1. The van der Waals surface area contributed by atoms with Crippen LogP contribution in [0.15, 0.2) is 16.7 Å². The molecule has 0 aliphatic carbocycles. The van der Waals surface area contributed by atoms with E-state index in [0.29, 0.717) is 0 Å². The van der Waals surface area contributed by atoms with Gasteiger partial charge in [0.15, 0.2) is 0 Å². The molecular formula is C12H17Br2N3. The summed E-state index contributed by atoms with van der Waals surface area (Å²) in [5.41, 5.74) is 1.24. The van der Waals surface area contributed by atoms with Gasteiger partial charge in [0, 0.05) is 48.7 Å². The second kappa shape index (κ2) is 6.16. The van der Waals surface area contributed by atoms with Crippen LogP contribution in [-0.2, 0) is 0 Å². The zero-order chi connectivity index (χ0) is 12.3. The number of pyridine rings is 1. The fourth-order valence-electron chi connectivity index (χ4n) is 2.17. The largest absolute Gasteiger partial charge is 0.354 e. The van der Waals surface area contributed by atoms with Gasteiger partial charge in [-0.25, -0.2) is 4.98 Å². The summed E-state index contributed by atoms with van der Waals surface area (Å²) in [5.74, 6) is 1.13. The maximum Gasteiger partial charge on any atom is 0.131 e. The van der Waals surface area contributed by atoms with Crippen molar-refractivity contribution in [2.45, 2.75) is 6.92 Å². The summed E-state index contributed by atoms with van der Waals surface area (Å²) in [7, 11) is 0. The minimum Gasteiger partial charge on any atom is -0.354 e. The Hall–Kier alpha value is -0.130. The molecule has 0 unspecified atom stereocenters. The summed E-state index contributed by atoms with van der Waals surface area (Å²) >= 11 is 6.95. The van der Waals surface area contributed by atoms with Crippen LogP contribution in [-0.4, -0.2) is 47.9 Å². The number of hydrogen-bond acceptors (Lipinski definition) is 3. The molecule has 0 saturated carbocycles. The van der Waals surface area contributed by atoms with Gasteiger partial charge in [0.1, 0.15) is 5.82 Å². The molecule has 0 spiro atoms. The van der Waals surface area contributed by atoms with Crippen molar-refractivity contribution >= 4 is 37.7 Å². The highest BCUT2D eigenvalue weighted by Gasteiger charge is 2.18. The quantitative estimate of drug-likeness (QED) is 0.770. The van der Waals surface area contributed by atoms with Crippen LogP contribution in [0.4, 0.5) is 5.82 Å². The molecule has 3 nitrogen and oxygen atoms in total. The highest BCUT2D eigenvalue weighted by molar-refractivity contribution is 9.10. The zero-order valence-corrected chi connectivity index (χ0v) is 13.2. The van der Waals surface area contributed by atoms with E-state index in [1.807, 2.05) is 6.20 Å². The van der Waals surface area contributed by atoms with Crippen molar-refractivity contribution < 1.29 is 0 Å². The molecule has 94 valence electrons. The Balaban J connectivity index is 2.00. The van der Waals surface area contributed by atoms with E-state index in [9.17, 15) is 0 Å². The predicted octanol–water partition coefficient (Wildman–Crippen LogP) is 2.67. The molecule has 5 heteroatoms. The van der Waals surface area contributed by atoms with Gasteiger partial charge in [-0.15, -0.1) is 0 Å². The average Bonchev–Trinajstić information content (AvgIpc) is 2.31. The lowest BCUT2D eigenvalue weighted by Crippen LogP contribution is -2.47. The van der Waals surface area contributed by atoms with E-state index >= 15 is 0 Å². The third-order valence-electron chi connectivity index (χ3n) is 3.09. The fraction of sp³-hybridized carbons (Fsp3) is 0.583. The lowest BCUT2D eigenvalue weighted by Gasteiger charge is -2.35. The summed E-state index contributed by atoms with van der Waals surface area (Å²) in [6.45, 7) is 7.66. The predicted molar refractivity (Wildman–Crippen MR) is 79.1 cm³/mol. The smallest absolute Gasteiger partial charge is 0.131 e. The van der Waals surface area contributed by atoms with E-state index in [1.165, 1.54) is 5.56 Å². The topological polar surface area (TPSA) is 19.4 Å². The zero-order valence-electron chi connectivity index (χ0n) is 9.99. The molecule has 0 N–H and O–H groups in total. The first-order chi connectivity index (χ1) is 8.20.